The molecule has 55 heavy (non-hydrogen) atoms. The fraction of sp³-hybridized carbons (Fsp3) is 0.0488. The van der Waals surface area contributed by atoms with Crippen LogP contribution in [0.25, 0.3) is 11.1 Å². The van der Waals surface area contributed by atoms with E-state index in [0.29, 0.717) is 30.0 Å². The molecule has 0 fully saturated rings. The van der Waals surface area contributed by atoms with Crippen molar-refractivity contribution in [2.24, 2.45) is 0 Å². The van der Waals surface area contributed by atoms with Gasteiger partial charge in [0.1, 0.15) is 23.0 Å². The monoisotopic (exact) mass is 819 g/mol. The molecule has 0 saturated heterocycles. The Balaban J connectivity index is 0.000000165. The van der Waals surface area contributed by atoms with E-state index in [4.69, 9.17) is 60.3 Å². The molecule has 0 bridgehead atoms. The highest BCUT2D eigenvalue weighted by Crippen LogP contribution is 2.36. The zero-order valence-corrected chi connectivity index (χ0v) is 31.7. The summed E-state index contributed by atoms with van der Waals surface area (Å²) in [6.07, 6.45) is 3.20. The van der Waals surface area contributed by atoms with E-state index < -0.39 is 0 Å². The topological polar surface area (TPSA) is 160 Å². The van der Waals surface area contributed by atoms with Crippen molar-refractivity contribution in [3.05, 3.63) is 171 Å². The molecule has 0 saturated carbocycles. The lowest BCUT2D eigenvalue weighted by Gasteiger charge is -2.08. The van der Waals surface area contributed by atoms with Gasteiger partial charge in [0, 0.05) is 23.0 Å². The zero-order valence-electron chi connectivity index (χ0n) is 28.6. The number of hydrogen-bond donors (Lipinski definition) is 7. The Bertz CT molecular complexity index is 2260. The summed E-state index contributed by atoms with van der Waals surface area (Å²) in [5, 5.41) is 46.8. The van der Waals surface area contributed by atoms with E-state index in [1.54, 1.807) is 48.9 Å². The maximum absolute atomic E-state index is 12.3. The Morgan fingerprint density at radius 1 is 0.545 bits per heavy atom. The Morgan fingerprint density at radius 3 is 1.56 bits per heavy atom. The van der Waals surface area contributed by atoms with E-state index in [-0.39, 0.29) is 49.0 Å². The Kier molecular flexibility index (Phi) is 14.2. The van der Waals surface area contributed by atoms with Gasteiger partial charge < -0.3 is 45.2 Å². The molecule has 1 amide bonds. The molecule has 0 unspecified atom stereocenters. The van der Waals surface area contributed by atoms with Crippen LogP contribution in [0.4, 0.5) is 17.1 Å². The van der Waals surface area contributed by atoms with Crippen molar-refractivity contribution in [1.82, 2.24) is 0 Å². The van der Waals surface area contributed by atoms with Gasteiger partial charge in [0.25, 0.3) is 5.91 Å². The zero-order chi connectivity index (χ0) is 39.3. The van der Waals surface area contributed by atoms with Crippen LogP contribution < -0.4 is 16.0 Å². The fourth-order valence-electron chi connectivity index (χ4n) is 4.82. The van der Waals surface area contributed by atoms with E-state index in [0.717, 1.165) is 28.3 Å². The molecule has 7 aromatic rings. The third-order valence-electron chi connectivity index (χ3n) is 7.61. The first-order valence-corrected chi connectivity index (χ1v) is 17.9. The van der Waals surface area contributed by atoms with Crippen LogP contribution in [0.2, 0.25) is 20.1 Å². The molecule has 0 aliphatic carbocycles. The summed E-state index contributed by atoms with van der Waals surface area (Å²) in [7, 11) is 0. The second-order valence-electron chi connectivity index (χ2n) is 11.5. The molecule has 10 nitrogen and oxygen atoms in total. The number of amides is 1. The van der Waals surface area contributed by atoms with Crippen molar-refractivity contribution in [3.8, 4) is 34.1 Å². The third kappa shape index (κ3) is 11.8. The van der Waals surface area contributed by atoms with E-state index in [9.17, 15) is 20.1 Å². The van der Waals surface area contributed by atoms with Gasteiger partial charge in [0.15, 0.2) is 11.5 Å². The van der Waals surface area contributed by atoms with Gasteiger partial charge in [-0.15, -0.1) is 0 Å². The quantitative estimate of drug-likeness (QED) is 0.0555. The molecule has 7 rings (SSSR count). The molecule has 14 heteroatoms. The number of carbonyl (C=O) groups excluding carboxylic acids is 1. The lowest BCUT2D eigenvalue weighted by molar-refractivity contribution is 0.102. The van der Waals surface area contributed by atoms with E-state index in [1.165, 1.54) is 24.3 Å². The number of furan rings is 2. The first-order chi connectivity index (χ1) is 26.5. The Hall–Kier alpha value is -5.91. The minimum absolute atomic E-state index is 0.0153. The number of phenols is 4. The van der Waals surface area contributed by atoms with Crippen molar-refractivity contribution >= 4 is 69.4 Å². The van der Waals surface area contributed by atoms with Crippen LogP contribution in [0.5, 0.6) is 23.0 Å². The van der Waals surface area contributed by atoms with Gasteiger partial charge in [-0.1, -0.05) is 88.9 Å². The molecule has 0 atom stereocenters. The summed E-state index contributed by atoms with van der Waals surface area (Å²) in [4.78, 5) is 12.3. The number of hydrogen-bond acceptors (Lipinski definition) is 9. The number of aromatic hydroxyl groups is 4. The SMILES string of the molecule is O=C(Nc1cc(Cl)c(O)c(Cl)c1)c1ccc(-c2ccccc2)cc1.Oc1c(Cl)cc(NCc2ccco2)cc1Cl.Oc1ccc(NCc2ccco2)c(O)c1. The Morgan fingerprint density at radius 2 is 1.05 bits per heavy atom. The number of anilines is 3. The summed E-state index contributed by atoms with van der Waals surface area (Å²) < 4.78 is 10.3. The van der Waals surface area contributed by atoms with Crippen molar-refractivity contribution in [2.75, 3.05) is 16.0 Å². The second kappa shape index (κ2) is 19.4. The third-order valence-corrected chi connectivity index (χ3v) is 8.76. The first-order valence-electron chi connectivity index (χ1n) is 16.3. The number of phenolic OH excluding ortho intramolecular Hbond substituents is 4. The summed E-state index contributed by atoms with van der Waals surface area (Å²) in [5.41, 5.74) is 4.33. The average Bonchev–Trinajstić information content (AvgIpc) is 3.91. The van der Waals surface area contributed by atoms with Gasteiger partial charge in [-0.25, -0.2) is 0 Å². The molecule has 0 aliphatic rings. The Labute approximate surface area is 336 Å². The fourth-order valence-corrected chi connectivity index (χ4v) is 5.79. The van der Waals surface area contributed by atoms with E-state index >= 15 is 0 Å². The van der Waals surface area contributed by atoms with Gasteiger partial charge in [0.2, 0.25) is 0 Å². The molecule has 0 spiro atoms. The first kappa shape index (κ1) is 40.3. The second-order valence-corrected chi connectivity index (χ2v) is 13.2. The van der Waals surface area contributed by atoms with Gasteiger partial charge in [0.05, 0.1) is 51.4 Å². The van der Waals surface area contributed by atoms with Gasteiger partial charge in [-0.3, -0.25) is 4.79 Å². The number of rotatable bonds is 9. The van der Waals surface area contributed by atoms with Crippen molar-refractivity contribution < 1.29 is 34.1 Å². The average molecular weight is 822 g/mol. The predicted octanol–water partition coefficient (Wildman–Crippen LogP) is 11.8. The summed E-state index contributed by atoms with van der Waals surface area (Å²) >= 11 is 23.3. The molecule has 282 valence electrons. The van der Waals surface area contributed by atoms with Crippen LogP contribution in [0.3, 0.4) is 0 Å². The maximum atomic E-state index is 12.3. The number of carbonyl (C=O) groups is 1. The summed E-state index contributed by atoms with van der Waals surface area (Å²) in [6.45, 7) is 1.02. The van der Waals surface area contributed by atoms with Gasteiger partial charge in [-0.2, -0.15) is 0 Å². The highest BCUT2D eigenvalue weighted by Gasteiger charge is 2.11. The van der Waals surface area contributed by atoms with E-state index in [1.807, 2.05) is 60.7 Å². The lowest BCUT2D eigenvalue weighted by Crippen LogP contribution is -2.11. The lowest BCUT2D eigenvalue weighted by atomic mass is 10.0. The highest BCUT2D eigenvalue weighted by molar-refractivity contribution is 6.38. The number of halogens is 4. The summed E-state index contributed by atoms with van der Waals surface area (Å²) in [6, 6.07) is 35.0. The minimum Gasteiger partial charge on any atom is -0.508 e. The minimum atomic E-state index is -0.285. The van der Waals surface area contributed by atoms with Gasteiger partial charge in [-0.05, 0) is 83.9 Å². The molecule has 0 radical (unpaired) electrons. The molecule has 7 N–H and O–H groups in total. The van der Waals surface area contributed by atoms with Crippen LogP contribution in [0, 0.1) is 0 Å². The van der Waals surface area contributed by atoms with Crippen molar-refractivity contribution in [3.63, 3.8) is 0 Å². The molecule has 0 aliphatic heterocycles. The highest BCUT2D eigenvalue weighted by atomic mass is 35.5. The number of benzene rings is 5. The van der Waals surface area contributed by atoms with Crippen LogP contribution in [0.15, 0.2) is 143 Å². The summed E-state index contributed by atoms with van der Waals surface area (Å²) in [5.74, 6) is 1.04. The van der Waals surface area contributed by atoms with Crippen molar-refractivity contribution in [1.29, 1.82) is 0 Å². The molecular weight excluding hydrogens is 788 g/mol. The molecule has 5 aromatic carbocycles. The smallest absolute Gasteiger partial charge is 0.255 e. The van der Waals surface area contributed by atoms with Crippen molar-refractivity contribution in [2.45, 2.75) is 13.1 Å². The van der Waals surface area contributed by atoms with E-state index in [2.05, 4.69) is 16.0 Å². The van der Waals surface area contributed by atoms with Crippen LogP contribution in [-0.4, -0.2) is 26.3 Å². The maximum Gasteiger partial charge on any atom is 0.255 e. The standard InChI is InChI=1S/C19H13Cl2NO2.C11H9Cl2NO2.C11H11NO3/c20-16-10-15(11-17(21)18(16)23)22-19(24)14-8-6-13(7-9-14)12-4-2-1-3-5-12;12-9-4-7(5-10(13)11(9)15)14-6-8-2-1-3-16-8;13-8-3-4-10(11(14)6-8)12-7-9-2-1-5-15-9/h1-11,23H,(H,22,24);1-5,14-15H,6H2;1-6,12-14H,7H2. The predicted molar refractivity (Wildman–Crippen MR) is 218 cm³/mol. The normalized spacial score (nSPS) is 10.3. The molecular formula is C41H33Cl4N3O7. The molecule has 2 aromatic heterocycles. The van der Waals surface area contributed by atoms with Crippen LogP contribution >= 0.6 is 46.4 Å². The molecule has 2 heterocycles. The van der Waals surface area contributed by atoms with Crippen LogP contribution in [-0.2, 0) is 13.1 Å². The van der Waals surface area contributed by atoms with Crippen LogP contribution in [0.1, 0.15) is 21.9 Å². The largest absolute Gasteiger partial charge is 0.508 e. The van der Waals surface area contributed by atoms with Gasteiger partial charge >= 0.3 is 0 Å². The number of nitrogens with one attached hydrogen (secondary N) is 3.